The molecular weight excluding hydrogens is 214 g/mol. The molecule has 0 heterocycles. The molecule has 0 aromatic heterocycles. The van der Waals surface area contributed by atoms with E-state index in [1.807, 2.05) is 12.1 Å². The summed E-state index contributed by atoms with van der Waals surface area (Å²) in [6.07, 6.45) is 5.22. The summed E-state index contributed by atoms with van der Waals surface area (Å²) in [6.45, 7) is 0. The lowest BCUT2D eigenvalue weighted by atomic mass is 9.88. The minimum atomic E-state index is -0.825. The van der Waals surface area contributed by atoms with Crippen molar-refractivity contribution in [3.63, 3.8) is 0 Å². The van der Waals surface area contributed by atoms with E-state index in [1.165, 1.54) is 0 Å². The fraction of sp³-hybridized carbons (Fsp3) is 0.500. The smallest absolute Gasteiger partial charge is 0.335 e. The van der Waals surface area contributed by atoms with Crippen LogP contribution in [-0.4, -0.2) is 17.1 Å². The molecule has 92 valence electrons. The van der Waals surface area contributed by atoms with Gasteiger partial charge in [-0.2, -0.15) is 0 Å². The Labute approximate surface area is 102 Å². The molecule has 1 aromatic rings. The fourth-order valence-electron chi connectivity index (χ4n) is 2.69. The molecule has 0 amide bonds. The lowest BCUT2D eigenvalue weighted by Gasteiger charge is -2.16. The average molecular weight is 233 g/mol. The third-order valence-electron chi connectivity index (χ3n) is 3.64. The molecule has 1 aliphatic carbocycles. The van der Waals surface area contributed by atoms with Gasteiger partial charge in [-0.25, -0.2) is 4.79 Å². The van der Waals surface area contributed by atoms with Crippen LogP contribution < -0.4 is 5.73 Å². The largest absolute Gasteiger partial charge is 0.478 e. The summed E-state index contributed by atoms with van der Waals surface area (Å²) in [5.41, 5.74) is 7.39. The number of aromatic carboxylic acids is 1. The van der Waals surface area contributed by atoms with E-state index in [2.05, 4.69) is 0 Å². The first kappa shape index (κ1) is 12.1. The standard InChI is InChI=1S/C14H19NO2/c15-11-5-3-4-10(8-9-11)12-6-1-2-7-13(12)14(16)17/h1-2,6-7,10-11H,3-5,8-9,15H2,(H,16,17). The Morgan fingerprint density at radius 2 is 1.94 bits per heavy atom. The van der Waals surface area contributed by atoms with Crippen molar-refractivity contribution in [2.45, 2.75) is 44.1 Å². The normalized spacial score (nSPS) is 25.2. The minimum Gasteiger partial charge on any atom is -0.478 e. The molecule has 2 atom stereocenters. The molecule has 17 heavy (non-hydrogen) atoms. The summed E-state index contributed by atoms with van der Waals surface area (Å²) in [5, 5.41) is 9.19. The van der Waals surface area contributed by atoms with Crippen molar-refractivity contribution in [2.24, 2.45) is 5.73 Å². The molecule has 3 N–H and O–H groups in total. The summed E-state index contributed by atoms with van der Waals surface area (Å²) in [5.74, 6) is -0.468. The van der Waals surface area contributed by atoms with Crippen molar-refractivity contribution < 1.29 is 9.90 Å². The van der Waals surface area contributed by atoms with Crippen molar-refractivity contribution in [1.82, 2.24) is 0 Å². The van der Waals surface area contributed by atoms with E-state index >= 15 is 0 Å². The predicted molar refractivity (Wildman–Crippen MR) is 67.2 cm³/mol. The van der Waals surface area contributed by atoms with Crippen LogP contribution in [0.5, 0.6) is 0 Å². The SMILES string of the molecule is NC1CCCC(c2ccccc2C(=O)O)CC1. The Morgan fingerprint density at radius 3 is 2.71 bits per heavy atom. The zero-order valence-electron chi connectivity index (χ0n) is 9.93. The number of benzene rings is 1. The number of hydrogen-bond donors (Lipinski definition) is 2. The molecule has 1 aromatic carbocycles. The van der Waals surface area contributed by atoms with Gasteiger partial charge in [0.2, 0.25) is 0 Å². The van der Waals surface area contributed by atoms with Crippen LogP contribution in [0.2, 0.25) is 0 Å². The van der Waals surface area contributed by atoms with Gasteiger partial charge in [-0.1, -0.05) is 24.6 Å². The van der Waals surface area contributed by atoms with Gasteiger partial charge >= 0.3 is 5.97 Å². The highest BCUT2D eigenvalue weighted by Gasteiger charge is 2.21. The number of carboxylic acid groups (broad SMARTS) is 1. The van der Waals surface area contributed by atoms with E-state index in [0.717, 1.165) is 37.7 Å². The minimum absolute atomic E-state index is 0.289. The van der Waals surface area contributed by atoms with E-state index in [9.17, 15) is 9.90 Å². The van der Waals surface area contributed by atoms with E-state index in [-0.39, 0.29) is 6.04 Å². The van der Waals surface area contributed by atoms with E-state index in [4.69, 9.17) is 5.73 Å². The van der Waals surface area contributed by atoms with Crippen LogP contribution in [-0.2, 0) is 0 Å². The van der Waals surface area contributed by atoms with Gasteiger partial charge in [0.1, 0.15) is 0 Å². The first-order valence-corrected chi connectivity index (χ1v) is 6.26. The van der Waals surface area contributed by atoms with E-state index in [1.54, 1.807) is 12.1 Å². The van der Waals surface area contributed by atoms with Gasteiger partial charge < -0.3 is 10.8 Å². The lowest BCUT2D eigenvalue weighted by Crippen LogP contribution is -2.18. The number of rotatable bonds is 2. The summed E-state index contributed by atoms with van der Waals surface area (Å²) < 4.78 is 0. The van der Waals surface area contributed by atoms with Crippen molar-refractivity contribution >= 4 is 5.97 Å². The van der Waals surface area contributed by atoms with Crippen LogP contribution in [0.1, 0.15) is 53.9 Å². The third-order valence-corrected chi connectivity index (χ3v) is 3.64. The average Bonchev–Trinajstić information content (AvgIpc) is 2.54. The Morgan fingerprint density at radius 1 is 1.18 bits per heavy atom. The van der Waals surface area contributed by atoms with Crippen LogP contribution in [0.3, 0.4) is 0 Å². The Bertz CT molecular complexity index is 403. The quantitative estimate of drug-likeness (QED) is 0.772. The first-order chi connectivity index (χ1) is 8.18. The first-order valence-electron chi connectivity index (χ1n) is 6.26. The molecule has 1 aliphatic rings. The lowest BCUT2D eigenvalue weighted by molar-refractivity contribution is 0.0695. The summed E-state index contributed by atoms with van der Waals surface area (Å²) >= 11 is 0. The Kier molecular flexibility index (Phi) is 3.79. The highest BCUT2D eigenvalue weighted by atomic mass is 16.4. The number of carboxylic acids is 1. The topological polar surface area (TPSA) is 63.3 Å². The van der Waals surface area contributed by atoms with Crippen molar-refractivity contribution in [1.29, 1.82) is 0 Å². The van der Waals surface area contributed by atoms with Crippen molar-refractivity contribution in [3.8, 4) is 0 Å². The molecule has 3 heteroatoms. The summed E-state index contributed by atoms with van der Waals surface area (Å²) in [6, 6.07) is 7.65. The third kappa shape index (κ3) is 2.86. The van der Waals surface area contributed by atoms with Gasteiger partial charge in [-0.15, -0.1) is 0 Å². The van der Waals surface area contributed by atoms with Gasteiger partial charge in [0.15, 0.2) is 0 Å². The Balaban J connectivity index is 2.24. The van der Waals surface area contributed by atoms with Gasteiger partial charge in [0.25, 0.3) is 0 Å². The zero-order valence-corrected chi connectivity index (χ0v) is 9.93. The van der Waals surface area contributed by atoms with Gasteiger partial charge in [0, 0.05) is 6.04 Å². The van der Waals surface area contributed by atoms with E-state index < -0.39 is 5.97 Å². The van der Waals surface area contributed by atoms with Gasteiger partial charge in [-0.3, -0.25) is 0 Å². The number of hydrogen-bond acceptors (Lipinski definition) is 2. The molecule has 0 saturated heterocycles. The van der Waals surface area contributed by atoms with Gasteiger partial charge in [0.05, 0.1) is 5.56 Å². The van der Waals surface area contributed by atoms with Crippen LogP contribution in [0.4, 0.5) is 0 Å². The molecular formula is C14H19NO2. The molecule has 1 fully saturated rings. The van der Waals surface area contributed by atoms with Crippen LogP contribution >= 0.6 is 0 Å². The molecule has 3 nitrogen and oxygen atoms in total. The maximum absolute atomic E-state index is 11.2. The fourth-order valence-corrected chi connectivity index (χ4v) is 2.69. The highest BCUT2D eigenvalue weighted by molar-refractivity contribution is 5.89. The zero-order chi connectivity index (χ0) is 12.3. The molecule has 0 aliphatic heterocycles. The number of carbonyl (C=O) groups is 1. The van der Waals surface area contributed by atoms with Gasteiger partial charge in [-0.05, 0) is 43.2 Å². The van der Waals surface area contributed by atoms with E-state index in [0.29, 0.717) is 11.5 Å². The molecule has 2 unspecified atom stereocenters. The predicted octanol–water partition coefficient (Wildman–Crippen LogP) is 2.76. The summed E-state index contributed by atoms with van der Waals surface area (Å²) in [7, 11) is 0. The molecule has 2 rings (SSSR count). The van der Waals surface area contributed by atoms with Crippen molar-refractivity contribution in [3.05, 3.63) is 35.4 Å². The molecule has 0 bridgehead atoms. The van der Waals surface area contributed by atoms with Crippen molar-refractivity contribution in [2.75, 3.05) is 0 Å². The molecule has 1 saturated carbocycles. The second-order valence-electron chi connectivity index (χ2n) is 4.86. The number of nitrogens with two attached hydrogens (primary N) is 1. The Hall–Kier alpha value is -1.35. The second-order valence-corrected chi connectivity index (χ2v) is 4.86. The highest BCUT2D eigenvalue weighted by Crippen LogP contribution is 2.33. The second kappa shape index (κ2) is 5.32. The maximum atomic E-state index is 11.2. The monoisotopic (exact) mass is 233 g/mol. The summed E-state index contributed by atoms with van der Waals surface area (Å²) in [4.78, 5) is 11.2. The molecule has 0 spiro atoms. The van der Waals surface area contributed by atoms with Crippen LogP contribution in [0.25, 0.3) is 0 Å². The van der Waals surface area contributed by atoms with Crippen LogP contribution in [0.15, 0.2) is 24.3 Å². The molecule has 0 radical (unpaired) electrons. The van der Waals surface area contributed by atoms with Crippen LogP contribution in [0, 0.1) is 0 Å². The maximum Gasteiger partial charge on any atom is 0.335 e.